The highest BCUT2D eigenvalue weighted by molar-refractivity contribution is 7.10. The molecule has 1 aliphatic carbocycles. The summed E-state index contributed by atoms with van der Waals surface area (Å²) >= 11 is 1.65. The molecule has 3 nitrogen and oxygen atoms in total. The van der Waals surface area contributed by atoms with E-state index >= 15 is 0 Å². The summed E-state index contributed by atoms with van der Waals surface area (Å²) in [4.78, 5) is 26.1. The molecule has 1 aromatic heterocycles. The van der Waals surface area contributed by atoms with Gasteiger partial charge in [-0.15, -0.1) is 11.3 Å². The number of rotatable bonds is 5. The van der Waals surface area contributed by atoms with Gasteiger partial charge >= 0.3 is 5.97 Å². The fourth-order valence-electron chi connectivity index (χ4n) is 3.12. The number of ketones is 1. The van der Waals surface area contributed by atoms with E-state index in [1.165, 1.54) is 0 Å². The fourth-order valence-corrected chi connectivity index (χ4v) is 3.73. The quantitative estimate of drug-likeness (QED) is 0.582. The molecular weight excluding hydrogens is 332 g/mol. The van der Waals surface area contributed by atoms with Gasteiger partial charge in [0.2, 0.25) is 0 Å². The first-order chi connectivity index (χ1) is 12.2. The van der Waals surface area contributed by atoms with Crippen LogP contribution in [0.2, 0.25) is 0 Å². The number of carbonyl (C=O) groups is 2. The van der Waals surface area contributed by atoms with Crippen LogP contribution in [-0.2, 0) is 14.3 Å². The van der Waals surface area contributed by atoms with Crippen molar-refractivity contribution in [2.24, 2.45) is 5.92 Å². The summed E-state index contributed by atoms with van der Waals surface area (Å²) in [6.45, 7) is 2.03. The molecule has 2 atom stereocenters. The Hall–Kier alpha value is -2.46. The third-order valence-corrected chi connectivity index (χ3v) is 5.10. The summed E-state index contributed by atoms with van der Waals surface area (Å²) in [5.41, 5.74) is 1.93. The number of ether oxygens (including phenoxy) is 1. The maximum atomic E-state index is 12.7. The van der Waals surface area contributed by atoms with Gasteiger partial charge < -0.3 is 4.74 Å². The van der Waals surface area contributed by atoms with Gasteiger partial charge in [0.05, 0.1) is 6.61 Å². The molecule has 3 rings (SSSR count). The van der Waals surface area contributed by atoms with Crippen molar-refractivity contribution < 1.29 is 14.3 Å². The zero-order chi connectivity index (χ0) is 17.6. The highest BCUT2D eigenvalue weighted by atomic mass is 32.1. The van der Waals surface area contributed by atoms with Gasteiger partial charge in [-0.05, 0) is 48.1 Å². The highest BCUT2D eigenvalue weighted by Crippen LogP contribution is 2.37. The number of allylic oxidation sites excluding steroid dienone is 3. The van der Waals surface area contributed by atoms with E-state index in [2.05, 4.69) is 0 Å². The summed E-state index contributed by atoms with van der Waals surface area (Å²) in [5, 5.41) is 2.02. The third-order valence-electron chi connectivity index (χ3n) is 4.27. The van der Waals surface area contributed by atoms with Crippen molar-refractivity contribution in [3.63, 3.8) is 0 Å². The standard InChI is InChI=1S/C21H20O3S/c1-2-24-21(23)20-18(16-7-4-3-5-8-16)13-15(14-19(20)22)10-11-17-9-6-12-25-17/h3-12,14,18,20H,2,13H2,1H3. The molecule has 4 heteroatoms. The maximum absolute atomic E-state index is 12.7. The summed E-state index contributed by atoms with van der Waals surface area (Å²) in [7, 11) is 0. The molecule has 0 N–H and O–H groups in total. The van der Waals surface area contributed by atoms with Crippen LogP contribution in [0.3, 0.4) is 0 Å². The van der Waals surface area contributed by atoms with Crippen LogP contribution in [0.4, 0.5) is 0 Å². The zero-order valence-corrected chi connectivity index (χ0v) is 14.9. The second kappa shape index (κ2) is 8.08. The number of esters is 1. The van der Waals surface area contributed by atoms with Gasteiger partial charge in [-0.1, -0.05) is 42.5 Å². The van der Waals surface area contributed by atoms with Crippen molar-refractivity contribution in [3.8, 4) is 0 Å². The molecule has 0 fully saturated rings. The Morgan fingerprint density at radius 2 is 2.00 bits per heavy atom. The maximum Gasteiger partial charge on any atom is 0.317 e. The predicted octanol–water partition coefficient (Wildman–Crippen LogP) is 4.62. The summed E-state index contributed by atoms with van der Waals surface area (Å²) in [5.74, 6) is -1.56. The number of hydrogen-bond acceptors (Lipinski definition) is 4. The lowest BCUT2D eigenvalue weighted by Gasteiger charge is -2.28. The summed E-state index contributed by atoms with van der Waals surface area (Å²) < 4.78 is 5.15. The Morgan fingerprint density at radius 1 is 1.20 bits per heavy atom. The minimum Gasteiger partial charge on any atom is -0.465 e. The van der Waals surface area contributed by atoms with E-state index in [-0.39, 0.29) is 18.3 Å². The zero-order valence-electron chi connectivity index (χ0n) is 14.1. The molecule has 0 saturated heterocycles. The smallest absolute Gasteiger partial charge is 0.317 e. The van der Waals surface area contributed by atoms with Crippen molar-refractivity contribution in [2.45, 2.75) is 19.3 Å². The number of carbonyl (C=O) groups excluding carboxylic acids is 2. The summed E-state index contributed by atoms with van der Waals surface area (Å²) in [6.07, 6.45) is 6.21. The van der Waals surface area contributed by atoms with E-state index < -0.39 is 11.9 Å². The van der Waals surface area contributed by atoms with Crippen LogP contribution in [0.25, 0.3) is 6.08 Å². The molecular formula is C21H20O3S. The normalized spacial score (nSPS) is 20.5. The Labute approximate surface area is 151 Å². The molecule has 2 aromatic rings. The molecule has 0 radical (unpaired) electrons. The van der Waals surface area contributed by atoms with Crippen molar-refractivity contribution in [2.75, 3.05) is 6.61 Å². The van der Waals surface area contributed by atoms with Gasteiger partial charge in [0.15, 0.2) is 5.78 Å². The lowest BCUT2D eigenvalue weighted by atomic mass is 9.75. The number of benzene rings is 1. The number of hydrogen-bond donors (Lipinski definition) is 0. The van der Waals surface area contributed by atoms with Gasteiger partial charge in [0.1, 0.15) is 5.92 Å². The van der Waals surface area contributed by atoms with Crippen LogP contribution in [-0.4, -0.2) is 18.4 Å². The molecule has 25 heavy (non-hydrogen) atoms. The first-order valence-electron chi connectivity index (χ1n) is 8.36. The van der Waals surface area contributed by atoms with E-state index in [4.69, 9.17) is 4.74 Å². The molecule has 0 aliphatic heterocycles. The first kappa shape index (κ1) is 17.4. The molecule has 128 valence electrons. The SMILES string of the molecule is CCOC(=O)C1C(=O)C=C(C=Cc2cccs2)CC1c1ccccc1. The molecule has 0 bridgehead atoms. The number of thiophene rings is 1. The molecule has 0 amide bonds. The van der Waals surface area contributed by atoms with Crippen LogP contribution in [0, 0.1) is 5.92 Å². The largest absolute Gasteiger partial charge is 0.465 e. The second-order valence-corrected chi connectivity index (χ2v) is 6.90. The minimum absolute atomic E-state index is 0.176. The van der Waals surface area contributed by atoms with Gasteiger partial charge in [0.25, 0.3) is 0 Å². The summed E-state index contributed by atoms with van der Waals surface area (Å²) in [6, 6.07) is 13.8. The molecule has 0 saturated carbocycles. The Kier molecular flexibility index (Phi) is 5.61. The van der Waals surface area contributed by atoms with E-state index in [0.29, 0.717) is 6.42 Å². The van der Waals surface area contributed by atoms with E-state index in [0.717, 1.165) is 16.0 Å². The predicted molar refractivity (Wildman–Crippen MR) is 100 cm³/mol. The van der Waals surface area contributed by atoms with Crippen LogP contribution >= 0.6 is 11.3 Å². The Balaban J connectivity index is 1.90. The highest BCUT2D eigenvalue weighted by Gasteiger charge is 2.38. The third kappa shape index (κ3) is 4.15. The topological polar surface area (TPSA) is 43.4 Å². The van der Waals surface area contributed by atoms with Crippen LogP contribution in [0.1, 0.15) is 29.7 Å². The molecule has 0 spiro atoms. The van der Waals surface area contributed by atoms with Crippen molar-refractivity contribution in [3.05, 3.63) is 76.0 Å². The lowest BCUT2D eigenvalue weighted by Crippen LogP contribution is -2.34. The van der Waals surface area contributed by atoms with Crippen molar-refractivity contribution >= 4 is 29.2 Å². The molecule has 1 heterocycles. The fraction of sp³-hybridized carbons (Fsp3) is 0.238. The average Bonchev–Trinajstić information content (AvgIpc) is 3.14. The first-order valence-corrected chi connectivity index (χ1v) is 9.24. The molecule has 2 unspecified atom stereocenters. The lowest BCUT2D eigenvalue weighted by molar-refractivity contribution is -0.151. The molecule has 1 aliphatic rings. The van der Waals surface area contributed by atoms with Crippen LogP contribution < -0.4 is 0 Å². The molecule has 1 aromatic carbocycles. The van der Waals surface area contributed by atoms with E-state index in [1.54, 1.807) is 24.3 Å². The Morgan fingerprint density at radius 3 is 2.68 bits per heavy atom. The van der Waals surface area contributed by atoms with E-state index in [9.17, 15) is 9.59 Å². The van der Waals surface area contributed by atoms with Gasteiger partial charge in [-0.25, -0.2) is 0 Å². The second-order valence-electron chi connectivity index (χ2n) is 5.92. The average molecular weight is 352 g/mol. The monoisotopic (exact) mass is 352 g/mol. The van der Waals surface area contributed by atoms with Crippen molar-refractivity contribution in [1.29, 1.82) is 0 Å². The van der Waals surface area contributed by atoms with Crippen molar-refractivity contribution in [1.82, 2.24) is 0 Å². The van der Waals surface area contributed by atoms with Crippen LogP contribution in [0.15, 0.2) is 65.6 Å². The van der Waals surface area contributed by atoms with E-state index in [1.807, 2.05) is 60.0 Å². The van der Waals surface area contributed by atoms with Gasteiger partial charge in [0, 0.05) is 10.8 Å². The van der Waals surface area contributed by atoms with Crippen LogP contribution in [0.5, 0.6) is 0 Å². The van der Waals surface area contributed by atoms with Gasteiger partial charge in [-0.2, -0.15) is 0 Å². The van der Waals surface area contributed by atoms with Gasteiger partial charge in [-0.3, -0.25) is 9.59 Å². The Bertz CT molecular complexity index is 788. The minimum atomic E-state index is -0.763.